The maximum atomic E-state index is 13.1. The van der Waals surface area contributed by atoms with E-state index < -0.39 is 6.04 Å². The fraction of sp³-hybridized carbons (Fsp3) is 0.417. The summed E-state index contributed by atoms with van der Waals surface area (Å²) in [4.78, 5) is 27.5. The molecule has 0 heterocycles. The molecule has 6 heteroatoms. The third-order valence-electron chi connectivity index (χ3n) is 4.83. The normalized spacial score (nSPS) is 11.6. The molecule has 0 aromatic heterocycles. The van der Waals surface area contributed by atoms with E-state index >= 15 is 0 Å². The third kappa shape index (κ3) is 7.10. The number of methoxy groups -OCH3 is 1. The Morgan fingerprint density at radius 3 is 2.43 bits per heavy atom. The van der Waals surface area contributed by atoms with E-state index in [4.69, 9.17) is 4.74 Å². The number of nitrogens with zero attached hydrogens (tertiary/aromatic N) is 1. The number of carbonyl (C=O) groups excluding carboxylic acids is 2. The number of thioether (sulfide) groups is 1. The average Bonchev–Trinajstić information content (AvgIpc) is 2.74. The van der Waals surface area contributed by atoms with E-state index in [9.17, 15) is 9.59 Å². The Labute approximate surface area is 184 Å². The van der Waals surface area contributed by atoms with Gasteiger partial charge in [-0.15, -0.1) is 11.8 Å². The van der Waals surface area contributed by atoms with Gasteiger partial charge in [-0.1, -0.05) is 48.9 Å². The van der Waals surface area contributed by atoms with E-state index in [1.54, 1.807) is 23.8 Å². The van der Waals surface area contributed by atoms with E-state index in [-0.39, 0.29) is 11.8 Å². The quantitative estimate of drug-likeness (QED) is 0.583. The second-order valence-electron chi connectivity index (χ2n) is 7.17. The zero-order valence-electron chi connectivity index (χ0n) is 18.3. The Bertz CT molecular complexity index is 823. The van der Waals surface area contributed by atoms with Crippen LogP contribution in [0.25, 0.3) is 0 Å². The number of ether oxygens (including phenoxy) is 1. The number of nitrogens with one attached hydrogen (secondary N) is 1. The molecule has 0 aliphatic rings. The maximum Gasteiger partial charge on any atom is 0.242 e. The zero-order chi connectivity index (χ0) is 21.9. The first-order valence-electron chi connectivity index (χ1n) is 10.3. The molecule has 0 fully saturated rings. The summed E-state index contributed by atoms with van der Waals surface area (Å²) >= 11 is 1.56. The number of hydrogen-bond donors (Lipinski definition) is 1. The highest BCUT2D eigenvalue weighted by atomic mass is 32.2. The van der Waals surface area contributed by atoms with Gasteiger partial charge in [0.05, 0.1) is 12.9 Å². The van der Waals surface area contributed by atoms with Crippen LogP contribution in [0, 0.1) is 6.92 Å². The first-order valence-corrected chi connectivity index (χ1v) is 11.5. The number of likely N-dealkylation sites (N-methyl/N-ethyl adjacent to an activating group) is 1. The molecule has 0 spiro atoms. The topological polar surface area (TPSA) is 58.6 Å². The highest BCUT2D eigenvalue weighted by Crippen LogP contribution is 2.19. The van der Waals surface area contributed by atoms with Crippen molar-refractivity contribution in [2.45, 2.75) is 45.5 Å². The fourth-order valence-corrected chi connectivity index (χ4v) is 4.15. The van der Waals surface area contributed by atoms with Crippen LogP contribution in [-0.2, 0) is 21.9 Å². The summed E-state index contributed by atoms with van der Waals surface area (Å²) in [5.41, 5.74) is 3.31. The minimum absolute atomic E-state index is 0.0203. The van der Waals surface area contributed by atoms with Gasteiger partial charge in [0, 0.05) is 18.8 Å². The van der Waals surface area contributed by atoms with Crippen molar-refractivity contribution in [3.8, 4) is 5.75 Å². The molecule has 5 nitrogen and oxygen atoms in total. The minimum atomic E-state index is -0.473. The molecule has 0 saturated carbocycles. The van der Waals surface area contributed by atoms with Crippen molar-refractivity contribution < 1.29 is 14.3 Å². The van der Waals surface area contributed by atoms with Crippen LogP contribution < -0.4 is 10.1 Å². The SMILES string of the molecule is CCNC(=O)C(CC)N(Cc1cccc(C)c1)C(=O)CSCc1ccc(OC)cc1. The summed E-state index contributed by atoms with van der Waals surface area (Å²) in [6.45, 7) is 6.84. The van der Waals surface area contributed by atoms with Crippen LogP contribution >= 0.6 is 11.8 Å². The van der Waals surface area contributed by atoms with E-state index in [0.717, 1.165) is 28.2 Å². The molecular formula is C24H32N2O3S. The Morgan fingerprint density at radius 1 is 1.10 bits per heavy atom. The van der Waals surface area contributed by atoms with E-state index in [1.807, 2.05) is 63.2 Å². The van der Waals surface area contributed by atoms with Crippen molar-refractivity contribution in [3.05, 3.63) is 65.2 Å². The molecule has 2 amide bonds. The van der Waals surface area contributed by atoms with Gasteiger partial charge in [-0.05, 0) is 43.5 Å². The van der Waals surface area contributed by atoms with Gasteiger partial charge < -0.3 is 15.0 Å². The van der Waals surface area contributed by atoms with Gasteiger partial charge in [-0.2, -0.15) is 0 Å². The number of aryl methyl sites for hydroxylation is 1. The Morgan fingerprint density at radius 2 is 1.83 bits per heavy atom. The second kappa shape index (κ2) is 12.3. The molecule has 1 atom stereocenters. The lowest BCUT2D eigenvalue weighted by molar-refractivity contribution is -0.139. The number of benzene rings is 2. The minimum Gasteiger partial charge on any atom is -0.497 e. The van der Waals surface area contributed by atoms with Gasteiger partial charge in [0.25, 0.3) is 0 Å². The molecular weight excluding hydrogens is 396 g/mol. The molecule has 1 unspecified atom stereocenters. The van der Waals surface area contributed by atoms with E-state index in [1.165, 1.54) is 0 Å². The molecule has 0 saturated heterocycles. The van der Waals surface area contributed by atoms with Crippen molar-refractivity contribution in [2.24, 2.45) is 0 Å². The summed E-state index contributed by atoms with van der Waals surface area (Å²) < 4.78 is 5.18. The summed E-state index contributed by atoms with van der Waals surface area (Å²) in [7, 11) is 1.64. The summed E-state index contributed by atoms with van der Waals surface area (Å²) in [5.74, 6) is 1.76. The third-order valence-corrected chi connectivity index (χ3v) is 5.81. The molecule has 162 valence electrons. The Balaban J connectivity index is 2.08. The molecule has 0 radical (unpaired) electrons. The molecule has 30 heavy (non-hydrogen) atoms. The summed E-state index contributed by atoms with van der Waals surface area (Å²) in [6, 6.07) is 15.5. The van der Waals surface area contributed by atoms with Crippen molar-refractivity contribution in [1.82, 2.24) is 10.2 Å². The average molecular weight is 429 g/mol. The van der Waals surface area contributed by atoms with Gasteiger partial charge in [0.2, 0.25) is 11.8 Å². The smallest absolute Gasteiger partial charge is 0.242 e. The highest BCUT2D eigenvalue weighted by Gasteiger charge is 2.28. The zero-order valence-corrected chi connectivity index (χ0v) is 19.1. The molecule has 0 aliphatic carbocycles. The summed E-state index contributed by atoms with van der Waals surface area (Å²) in [5, 5.41) is 2.87. The van der Waals surface area contributed by atoms with Gasteiger partial charge in [0.1, 0.15) is 11.8 Å². The maximum absolute atomic E-state index is 13.1. The molecule has 2 aromatic carbocycles. The van der Waals surface area contributed by atoms with Crippen LogP contribution in [0.2, 0.25) is 0 Å². The predicted molar refractivity (Wildman–Crippen MR) is 124 cm³/mol. The number of hydrogen-bond acceptors (Lipinski definition) is 4. The Hall–Kier alpha value is -2.47. The van der Waals surface area contributed by atoms with Crippen LogP contribution in [0.5, 0.6) is 5.75 Å². The molecule has 2 aromatic rings. The van der Waals surface area contributed by atoms with Gasteiger partial charge in [0.15, 0.2) is 0 Å². The predicted octanol–water partition coefficient (Wildman–Crippen LogP) is 4.18. The van der Waals surface area contributed by atoms with Crippen LogP contribution in [0.4, 0.5) is 0 Å². The molecule has 2 rings (SSSR count). The summed E-state index contributed by atoms with van der Waals surface area (Å²) in [6.07, 6.45) is 0.576. The monoisotopic (exact) mass is 428 g/mol. The van der Waals surface area contributed by atoms with Crippen LogP contribution in [-0.4, -0.2) is 42.2 Å². The van der Waals surface area contributed by atoms with Gasteiger partial charge >= 0.3 is 0 Å². The van der Waals surface area contributed by atoms with Crippen molar-refractivity contribution in [3.63, 3.8) is 0 Å². The van der Waals surface area contributed by atoms with Gasteiger partial charge in [-0.25, -0.2) is 0 Å². The largest absolute Gasteiger partial charge is 0.497 e. The van der Waals surface area contributed by atoms with Crippen LogP contribution in [0.15, 0.2) is 48.5 Å². The van der Waals surface area contributed by atoms with Crippen LogP contribution in [0.1, 0.15) is 37.0 Å². The standard InChI is InChI=1S/C24H32N2O3S/c1-5-22(24(28)25-6-2)26(15-20-9-7-8-18(3)14-20)23(27)17-30-16-19-10-12-21(29-4)13-11-19/h7-14,22H,5-6,15-17H2,1-4H3,(H,25,28). The van der Waals surface area contributed by atoms with Crippen LogP contribution in [0.3, 0.4) is 0 Å². The van der Waals surface area contributed by atoms with E-state index in [0.29, 0.717) is 25.3 Å². The van der Waals surface area contributed by atoms with Crippen molar-refractivity contribution >= 4 is 23.6 Å². The van der Waals surface area contributed by atoms with Crippen molar-refractivity contribution in [2.75, 3.05) is 19.4 Å². The number of rotatable bonds is 11. The molecule has 1 N–H and O–H groups in total. The lowest BCUT2D eigenvalue weighted by Crippen LogP contribution is -2.49. The lowest BCUT2D eigenvalue weighted by Gasteiger charge is -2.30. The first kappa shape index (κ1) is 23.8. The van der Waals surface area contributed by atoms with E-state index in [2.05, 4.69) is 11.4 Å². The van der Waals surface area contributed by atoms with Crippen molar-refractivity contribution in [1.29, 1.82) is 0 Å². The highest BCUT2D eigenvalue weighted by molar-refractivity contribution is 7.99. The number of amides is 2. The lowest BCUT2D eigenvalue weighted by atomic mass is 10.1. The molecule has 0 aliphatic heterocycles. The molecule has 0 bridgehead atoms. The fourth-order valence-electron chi connectivity index (χ4n) is 3.28. The first-order chi connectivity index (χ1) is 14.5. The second-order valence-corrected chi connectivity index (χ2v) is 8.16. The number of carbonyl (C=O) groups is 2. The van der Waals surface area contributed by atoms with Gasteiger partial charge in [-0.3, -0.25) is 9.59 Å². The Kier molecular flexibility index (Phi) is 9.74.